The van der Waals surface area contributed by atoms with Gasteiger partial charge in [-0.05, 0) is 43.2 Å². The Morgan fingerprint density at radius 3 is 2.93 bits per heavy atom. The van der Waals surface area contributed by atoms with Crippen molar-refractivity contribution in [3.05, 3.63) is 30.1 Å². The maximum atomic E-state index is 5.58. The standard InChI is InChI=1S/C12H19N3/c13-15-12(11-4-1-5-11)7-6-10-3-2-8-14-9-10/h2-3,8-9,11-12,15H,1,4-7,13H2. The van der Waals surface area contributed by atoms with Crippen LogP contribution in [0.5, 0.6) is 0 Å². The summed E-state index contributed by atoms with van der Waals surface area (Å²) < 4.78 is 0. The maximum absolute atomic E-state index is 5.58. The fraction of sp³-hybridized carbons (Fsp3) is 0.583. The van der Waals surface area contributed by atoms with Crippen molar-refractivity contribution >= 4 is 0 Å². The number of hydrazine groups is 1. The molecule has 0 saturated heterocycles. The largest absolute Gasteiger partial charge is 0.271 e. The van der Waals surface area contributed by atoms with Gasteiger partial charge in [0, 0.05) is 18.4 Å². The van der Waals surface area contributed by atoms with Gasteiger partial charge in [-0.1, -0.05) is 12.5 Å². The molecule has 1 aliphatic rings. The molecule has 1 fully saturated rings. The van der Waals surface area contributed by atoms with Crippen molar-refractivity contribution in [2.75, 3.05) is 0 Å². The maximum Gasteiger partial charge on any atom is 0.0299 e. The minimum atomic E-state index is 0.485. The van der Waals surface area contributed by atoms with Crippen molar-refractivity contribution in [3.63, 3.8) is 0 Å². The normalized spacial score (nSPS) is 18.5. The van der Waals surface area contributed by atoms with E-state index in [1.54, 1.807) is 0 Å². The van der Waals surface area contributed by atoms with E-state index in [4.69, 9.17) is 5.84 Å². The van der Waals surface area contributed by atoms with Gasteiger partial charge in [0.25, 0.3) is 0 Å². The van der Waals surface area contributed by atoms with Crippen LogP contribution >= 0.6 is 0 Å². The van der Waals surface area contributed by atoms with Crippen LogP contribution < -0.4 is 11.3 Å². The van der Waals surface area contributed by atoms with Crippen molar-refractivity contribution in [2.24, 2.45) is 11.8 Å². The van der Waals surface area contributed by atoms with Crippen molar-refractivity contribution in [2.45, 2.75) is 38.1 Å². The predicted molar refractivity (Wildman–Crippen MR) is 61.0 cm³/mol. The Morgan fingerprint density at radius 1 is 1.53 bits per heavy atom. The first kappa shape index (κ1) is 10.6. The third-order valence-corrected chi connectivity index (χ3v) is 3.40. The monoisotopic (exact) mass is 205 g/mol. The summed E-state index contributed by atoms with van der Waals surface area (Å²) in [4.78, 5) is 4.12. The lowest BCUT2D eigenvalue weighted by Gasteiger charge is -2.33. The molecular formula is C12H19N3. The van der Waals surface area contributed by atoms with Gasteiger partial charge in [-0.25, -0.2) is 0 Å². The molecule has 3 nitrogen and oxygen atoms in total. The first-order chi connectivity index (χ1) is 7.40. The highest BCUT2D eigenvalue weighted by Gasteiger charge is 2.25. The highest BCUT2D eigenvalue weighted by Crippen LogP contribution is 2.31. The van der Waals surface area contributed by atoms with E-state index in [-0.39, 0.29) is 0 Å². The second kappa shape index (κ2) is 5.24. The number of hydrogen-bond donors (Lipinski definition) is 2. The summed E-state index contributed by atoms with van der Waals surface area (Å²) in [5.74, 6) is 6.38. The molecule has 0 radical (unpaired) electrons. The second-order valence-corrected chi connectivity index (χ2v) is 4.36. The topological polar surface area (TPSA) is 50.9 Å². The Labute approximate surface area is 91.1 Å². The van der Waals surface area contributed by atoms with Crippen LogP contribution in [0.4, 0.5) is 0 Å². The molecular weight excluding hydrogens is 186 g/mol. The van der Waals surface area contributed by atoms with Gasteiger partial charge < -0.3 is 0 Å². The molecule has 1 atom stereocenters. The first-order valence-corrected chi connectivity index (χ1v) is 5.75. The molecule has 3 heteroatoms. The quantitative estimate of drug-likeness (QED) is 0.567. The molecule has 1 heterocycles. The van der Waals surface area contributed by atoms with E-state index in [2.05, 4.69) is 16.5 Å². The molecule has 0 aromatic carbocycles. The number of nitrogens with two attached hydrogens (primary N) is 1. The molecule has 1 aliphatic carbocycles. The first-order valence-electron chi connectivity index (χ1n) is 5.75. The number of nitrogens with one attached hydrogen (secondary N) is 1. The zero-order chi connectivity index (χ0) is 10.5. The smallest absolute Gasteiger partial charge is 0.0299 e. The highest BCUT2D eigenvalue weighted by atomic mass is 15.2. The lowest BCUT2D eigenvalue weighted by atomic mass is 9.78. The summed E-state index contributed by atoms with van der Waals surface area (Å²) in [6.07, 6.45) is 9.98. The molecule has 1 aromatic rings. The number of pyridine rings is 1. The van der Waals surface area contributed by atoms with Gasteiger partial charge in [0.05, 0.1) is 0 Å². The van der Waals surface area contributed by atoms with E-state index in [1.807, 2.05) is 18.5 Å². The van der Waals surface area contributed by atoms with Gasteiger partial charge in [-0.3, -0.25) is 16.3 Å². The average molecular weight is 205 g/mol. The zero-order valence-corrected chi connectivity index (χ0v) is 9.02. The van der Waals surface area contributed by atoms with E-state index in [1.165, 1.54) is 24.8 Å². The highest BCUT2D eigenvalue weighted by molar-refractivity contribution is 5.08. The minimum Gasteiger partial charge on any atom is -0.271 e. The summed E-state index contributed by atoms with van der Waals surface area (Å²) in [5, 5.41) is 0. The molecule has 1 aromatic heterocycles. The van der Waals surface area contributed by atoms with E-state index in [0.717, 1.165) is 18.8 Å². The van der Waals surface area contributed by atoms with Crippen LogP contribution in [0.3, 0.4) is 0 Å². The Hall–Kier alpha value is -0.930. The van der Waals surface area contributed by atoms with E-state index >= 15 is 0 Å². The Balaban J connectivity index is 1.80. The minimum absolute atomic E-state index is 0.485. The summed E-state index contributed by atoms with van der Waals surface area (Å²) in [7, 11) is 0. The number of rotatable bonds is 5. The summed E-state index contributed by atoms with van der Waals surface area (Å²) in [6.45, 7) is 0. The van der Waals surface area contributed by atoms with Crippen LogP contribution in [-0.2, 0) is 6.42 Å². The molecule has 0 amide bonds. The van der Waals surface area contributed by atoms with Gasteiger partial charge in [-0.2, -0.15) is 0 Å². The van der Waals surface area contributed by atoms with Gasteiger partial charge in [0.1, 0.15) is 0 Å². The molecule has 82 valence electrons. The van der Waals surface area contributed by atoms with Crippen molar-refractivity contribution in [1.82, 2.24) is 10.4 Å². The van der Waals surface area contributed by atoms with Crippen LogP contribution in [-0.4, -0.2) is 11.0 Å². The third kappa shape index (κ3) is 2.76. The molecule has 3 N–H and O–H groups in total. The van der Waals surface area contributed by atoms with Gasteiger partial charge in [0.15, 0.2) is 0 Å². The van der Waals surface area contributed by atoms with Crippen LogP contribution in [0.2, 0.25) is 0 Å². The fourth-order valence-electron chi connectivity index (χ4n) is 2.17. The van der Waals surface area contributed by atoms with E-state index in [9.17, 15) is 0 Å². The lowest BCUT2D eigenvalue weighted by Crippen LogP contribution is -2.43. The molecule has 0 bridgehead atoms. The summed E-state index contributed by atoms with van der Waals surface area (Å²) >= 11 is 0. The van der Waals surface area contributed by atoms with Crippen LogP contribution in [0, 0.1) is 5.92 Å². The number of aromatic nitrogens is 1. The molecule has 1 unspecified atom stereocenters. The molecule has 15 heavy (non-hydrogen) atoms. The van der Waals surface area contributed by atoms with Crippen LogP contribution in [0.15, 0.2) is 24.5 Å². The molecule has 2 rings (SSSR count). The zero-order valence-electron chi connectivity index (χ0n) is 9.02. The van der Waals surface area contributed by atoms with Crippen molar-refractivity contribution in [1.29, 1.82) is 0 Å². The Morgan fingerprint density at radius 2 is 2.40 bits per heavy atom. The van der Waals surface area contributed by atoms with Crippen LogP contribution in [0.1, 0.15) is 31.2 Å². The van der Waals surface area contributed by atoms with Crippen molar-refractivity contribution in [3.8, 4) is 0 Å². The SMILES string of the molecule is NNC(CCc1cccnc1)C1CCC1. The molecule has 0 spiro atoms. The summed E-state index contributed by atoms with van der Waals surface area (Å²) in [6, 6.07) is 4.60. The molecule has 0 aliphatic heterocycles. The predicted octanol–water partition coefficient (Wildman–Crippen LogP) is 1.65. The van der Waals surface area contributed by atoms with Gasteiger partial charge in [-0.15, -0.1) is 0 Å². The molecule has 1 saturated carbocycles. The Bertz CT molecular complexity index is 282. The number of aryl methyl sites for hydroxylation is 1. The van der Waals surface area contributed by atoms with Gasteiger partial charge >= 0.3 is 0 Å². The third-order valence-electron chi connectivity index (χ3n) is 3.40. The van der Waals surface area contributed by atoms with E-state index < -0.39 is 0 Å². The van der Waals surface area contributed by atoms with Gasteiger partial charge in [0.2, 0.25) is 0 Å². The summed E-state index contributed by atoms with van der Waals surface area (Å²) in [5.41, 5.74) is 4.26. The van der Waals surface area contributed by atoms with E-state index in [0.29, 0.717) is 6.04 Å². The average Bonchev–Trinajstić information content (AvgIpc) is 2.23. The number of hydrogen-bond acceptors (Lipinski definition) is 3. The fourth-order valence-corrected chi connectivity index (χ4v) is 2.17. The number of nitrogens with zero attached hydrogens (tertiary/aromatic N) is 1. The second-order valence-electron chi connectivity index (χ2n) is 4.36. The lowest BCUT2D eigenvalue weighted by molar-refractivity contribution is 0.221. The van der Waals surface area contributed by atoms with Crippen LogP contribution in [0.25, 0.3) is 0 Å². The Kier molecular flexibility index (Phi) is 3.69. The van der Waals surface area contributed by atoms with Crippen molar-refractivity contribution < 1.29 is 0 Å².